The molecule has 1 saturated carbocycles. The van der Waals surface area contributed by atoms with Crippen molar-refractivity contribution in [2.75, 3.05) is 23.3 Å². The lowest BCUT2D eigenvalue weighted by molar-refractivity contribution is 0.701. The molecule has 1 aliphatic rings. The van der Waals surface area contributed by atoms with Crippen LogP contribution in [0.1, 0.15) is 45.1 Å². The fourth-order valence-electron chi connectivity index (χ4n) is 2.14. The first kappa shape index (κ1) is 13.1. The summed E-state index contributed by atoms with van der Waals surface area (Å²) in [6, 6.07) is 0.708. The molecule has 0 bridgehead atoms. The lowest BCUT2D eigenvalue weighted by atomic mass is 10.2. The predicted molar refractivity (Wildman–Crippen MR) is 76.2 cm³/mol. The maximum Gasteiger partial charge on any atom is 0.224 e. The smallest absolute Gasteiger partial charge is 0.224 e. The molecule has 1 heterocycles. The zero-order chi connectivity index (χ0) is 13.0. The highest BCUT2D eigenvalue weighted by molar-refractivity contribution is 5.50. The topological polar surface area (TPSA) is 41.1 Å². The van der Waals surface area contributed by atoms with Crippen molar-refractivity contribution in [1.82, 2.24) is 9.97 Å². The Balaban J connectivity index is 2.19. The number of hydrogen-bond acceptors (Lipinski definition) is 4. The average molecular weight is 248 g/mol. The van der Waals surface area contributed by atoms with E-state index in [4.69, 9.17) is 0 Å². The average Bonchev–Trinajstić information content (AvgIpc) is 3.18. The molecule has 100 valence electrons. The van der Waals surface area contributed by atoms with E-state index in [1.807, 2.05) is 6.20 Å². The van der Waals surface area contributed by atoms with E-state index in [1.165, 1.54) is 31.2 Å². The lowest BCUT2D eigenvalue weighted by Gasteiger charge is -2.25. The van der Waals surface area contributed by atoms with Gasteiger partial charge in [-0.15, -0.1) is 0 Å². The molecule has 0 unspecified atom stereocenters. The Kier molecular flexibility index (Phi) is 4.39. The Labute approximate surface area is 110 Å². The molecule has 1 N–H and O–H groups in total. The Morgan fingerprint density at radius 2 is 2.17 bits per heavy atom. The second kappa shape index (κ2) is 6.03. The number of nitrogens with one attached hydrogen (secondary N) is 1. The minimum absolute atomic E-state index is 0.708. The fraction of sp³-hybridized carbons (Fsp3) is 0.714. The first-order chi connectivity index (χ1) is 8.76. The minimum atomic E-state index is 0.708. The van der Waals surface area contributed by atoms with Gasteiger partial charge >= 0.3 is 0 Å². The summed E-state index contributed by atoms with van der Waals surface area (Å²) in [6.45, 7) is 8.39. The molecule has 0 amide bonds. The largest absolute Gasteiger partial charge is 0.354 e. The second-order valence-electron chi connectivity index (χ2n) is 5.01. The molecule has 4 nitrogen and oxygen atoms in total. The molecule has 18 heavy (non-hydrogen) atoms. The number of aryl methyl sites for hydroxylation is 1. The van der Waals surface area contributed by atoms with Gasteiger partial charge < -0.3 is 10.2 Å². The first-order valence-corrected chi connectivity index (χ1v) is 7.10. The summed E-state index contributed by atoms with van der Waals surface area (Å²) in [5, 5.41) is 3.20. The van der Waals surface area contributed by atoms with E-state index in [0.29, 0.717) is 6.04 Å². The zero-order valence-corrected chi connectivity index (χ0v) is 11.7. The van der Waals surface area contributed by atoms with Crippen LogP contribution >= 0.6 is 0 Å². The van der Waals surface area contributed by atoms with Gasteiger partial charge in [0.25, 0.3) is 0 Å². The Bertz CT molecular complexity index is 387. The molecule has 4 heteroatoms. The molecule has 2 rings (SSSR count). The highest BCUT2D eigenvalue weighted by atomic mass is 15.3. The van der Waals surface area contributed by atoms with Crippen molar-refractivity contribution in [2.45, 2.75) is 52.5 Å². The van der Waals surface area contributed by atoms with Crippen molar-refractivity contribution in [1.29, 1.82) is 0 Å². The van der Waals surface area contributed by atoms with Crippen LogP contribution in [0.25, 0.3) is 0 Å². The summed E-state index contributed by atoms with van der Waals surface area (Å²) in [4.78, 5) is 11.5. The zero-order valence-electron chi connectivity index (χ0n) is 11.7. The normalized spacial score (nSPS) is 14.6. The number of anilines is 2. The van der Waals surface area contributed by atoms with Gasteiger partial charge in [0.15, 0.2) is 0 Å². The number of hydrogen-bond donors (Lipinski definition) is 1. The predicted octanol–water partition coefficient (Wildman–Crippen LogP) is 2.99. The van der Waals surface area contributed by atoms with Crippen molar-refractivity contribution in [3.05, 3.63) is 11.8 Å². The van der Waals surface area contributed by atoms with Gasteiger partial charge in [0.2, 0.25) is 5.95 Å². The monoisotopic (exact) mass is 248 g/mol. The molecule has 1 fully saturated rings. The molecule has 0 aromatic carbocycles. The van der Waals surface area contributed by atoms with E-state index in [1.54, 1.807) is 0 Å². The Hall–Kier alpha value is -1.32. The van der Waals surface area contributed by atoms with Crippen LogP contribution in [-0.2, 0) is 0 Å². The summed E-state index contributed by atoms with van der Waals surface area (Å²) in [5.74, 6) is 1.87. The summed E-state index contributed by atoms with van der Waals surface area (Å²) < 4.78 is 0. The van der Waals surface area contributed by atoms with Gasteiger partial charge in [-0.25, -0.2) is 4.98 Å². The van der Waals surface area contributed by atoms with Crippen LogP contribution in [0.2, 0.25) is 0 Å². The summed E-state index contributed by atoms with van der Waals surface area (Å²) >= 11 is 0. The molecule has 1 aromatic rings. The molecular weight excluding hydrogens is 224 g/mol. The van der Waals surface area contributed by atoms with Gasteiger partial charge in [0.05, 0.1) is 0 Å². The summed E-state index contributed by atoms with van der Waals surface area (Å²) in [7, 11) is 0. The van der Waals surface area contributed by atoms with E-state index >= 15 is 0 Å². The van der Waals surface area contributed by atoms with Gasteiger partial charge in [0, 0.05) is 30.9 Å². The maximum absolute atomic E-state index is 4.68. The molecule has 0 spiro atoms. The van der Waals surface area contributed by atoms with E-state index < -0.39 is 0 Å². The van der Waals surface area contributed by atoms with Crippen LogP contribution in [0.4, 0.5) is 11.8 Å². The van der Waals surface area contributed by atoms with Crippen molar-refractivity contribution in [2.24, 2.45) is 0 Å². The van der Waals surface area contributed by atoms with E-state index in [-0.39, 0.29) is 0 Å². The highest BCUT2D eigenvalue weighted by Gasteiger charge is 2.30. The van der Waals surface area contributed by atoms with E-state index in [2.05, 4.69) is 41.0 Å². The number of rotatable bonds is 7. The Morgan fingerprint density at radius 3 is 2.78 bits per heavy atom. The third kappa shape index (κ3) is 3.12. The van der Waals surface area contributed by atoms with Crippen molar-refractivity contribution < 1.29 is 0 Å². The van der Waals surface area contributed by atoms with Crippen LogP contribution < -0.4 is 10.2 Å². The molecular formula is C14H24N4. The third-order valence-electron chi connectivity index (χ3n) is 3.29. The second-order valence-corrected chi connectivity index (χ2v) is 5.01. The van der Waals surface area contributed by atoms with Crippen LogP contribution in [0, 0.1) is 6.92 Å². The van der Waals surface area contributed by atoms with Crippen molar-refractivity contribution in [3.8, 4) is 0 Å². The standard InChI is InChI=1S/C14H24N4/c1-4-6-9-18(12-7-8-12)13-11(3)10-16-14(17-13)15-5-2/h10,12H,4-9H2,1-3H3,(H,15,16,17). The fourth-order valence-corrected chi connectivity index (χ4v) is 2.14. The van der Waals surface area contributed by atoms with Crippen LogP contribution in [0.3, 0.4) is 0 Å². The van der Waals surface area contributed by atoms with Crippen LogP contribution in [-0.4, -0.2) is 29.1 Å². The van der Waals surface area contributed by atoms with Crippen molar-refractivity contribution in [3.63, 3.8) is 0 Å². The number of aromatic nitrogens is 2. The number of unbranched alkanes of at least 4 members (excludes halogenated alkanes) is 1. The molecule has 0 atom stereocenters. The van der Waals surface area contributed by atoms with Gasteiger partial charge in [-0.1, -0.05) is 13.3 Å². The molecule has 0 saturated heterocycles. The van der Waals surface area contributed by atoms with Gasteiger partial charge in [-0.2, -0.15) is 4.98 Å². The maximum atomic E-state index is 4.68. The molecule has 0 aliphatic heterocycles. The van der Waals surface area contributed by atoms with E-state index in [9.17, 15) is 0 Å². The quantitative estimate of drug-likeness (QED) is 0.805. The highest BCUT2D eigenvalue weighted by Crippen LogP contribution is 2.32. The summed E-state index contributed by atoms with van der Waals surface area (Å²) in [5.41, 5.74) is 1.18. The third-order valence-corrected chi connectivity index (χ3v) is 3.29. The first-order valence-electron chi connectivity index (χ1n) is 7.10. The summed E-state index contributed by atoms with van der Waals surface area (Å²) in [6.07, 6.45) is 7.01. The lowest BCUT2D eigenvalue weighted by Crippen LogP contribution is -2.29. The van der Waals surface area contributed by atoms with Gasteiger partial charge in [-0.3, -0.25) is 0 Å². The molecule has 1 aromatic heterocycles. The van der Waals surface area contributed by atoms with Crippen LogP contribution in [0.5, 0.6) is 0 Å². The molecule has 0 radical (unpaired) electrons. The van der Waals surface area contributed by atoms with E-state index in [0.717, 1.165) is 24.9 Å². The Morgan fingerprint density at radius 1 is 1.39 bits per heavy atom. The van der Waals surface area contributed by atoms with Crippen LogP contribution in [0.15, 0.2) is 6.20 Å². The van der Waals surface area contributed by atoms with Crippen molar-refractivity contribution >= 4 is 11.8 Å². The molecule has 1 aliphatic carbocycles. The minimum Gasteiger partial charge on any atom is -0.354 e. The van der Waals surface area contributed by atoms with Gasteiger partial charge in [0.1, 0.15) is 5.82 Å². The number of nitrogens with zero attached hydrogens (tertiary/aromatic N) is 3. The SMILES string of the molecule is CCCCN(c1nc(NCC)ncc1C)C1CC1. The van der Waals surface area contributed by atoms with Gasteiger partial charge in [-0.05, 0) is 33.1 Å².